The largest absolute Gasteiger partial charge is 0.447 e. The molecule has 6 aromatic rings. The van der Waals surface area contributed by atoms with E-state index in [4.69, 9.17) is 9.47 Å². The highest BCUT2D eigenvalue weighted by Gasteiger charge is 2.32. The van der Waals surface area contributed by atoms with Crippen molar-refractivity contribution in [2.45, 2.75) is 198 Å². The predicted molar refractivity (Wildman–Crippen MR) is 353 cm³/mol. The lowest BCUT2D eigenvalue weighted by Crippen LogP contribution is -2.40. The Balaban J connectivity index is 0.000000237. The Hall–Kier alpha value is -6.62. The van der Waals surface area contributed by atoms with Gasteiger partial charge in [0, 0.05) is 65.0 Å². The Kier molecular flexibility index (Phi) is 26.2. The van der Waals surface area contributed by atoms with Gasteiger partial charge >= 0.3 is 24.2 Å². The number of carbonyl (C=O) groups excluding carboxylic acids is 4. The Bertz CT molecular complexity index is 3590. The third-order valence-electron chi connectivity index (χ3n) is 13.6. The number of sulfonamides is 2. The van der Waals surface area contributed by atoms with Crippen molar-refractivity contribution in [3.63, 3.8) is 0 Å². The minimum atomic E-state index is -4.13. The summed E-state index contributed by atoms with van der Waals surface area (Å²) < 4.78 is 96.9. The zero-order valence-electron chi connectivity index (χ0n) is 52.5. The summed E-state index contributed by atoms with van der Waals surface area (Å²) in [6.45, 7) is 20.1. The molecule has 490 valence electrons. The number of hydrogen-bond acceptors (Lipinski definition) is 14. The Labute approximate surface area is 543 Å². The number of carbonyl (C=O) groups is 4. The van der Waals surface area contributed by atoms with Crippen LogP contribution in [0.2, 0.25) is 0 Å². The second kappa shape index (κ2) is 32.6. The highest BCUT2D eigenvalue weighted by Crippen LogP contribution is 2.42. The van der Waals surface area contributed by atoms with E-state index < -0.39 is 61.2 Å². The first-order chi connectivity index (χ1) is 42.2. The first-order valence-electron chi connectivity index (χ1n) is 29.6. The maximum Gasteiger partial charge on any atom is 0.407 e. The zero-order valence-corrected chi connectivity index (χ0v) is 57.4. The van der Waals surface area contributed by atoms with Crippen molar-refractivity contribution < 1.29 is 54.3 Å². The summed E-state index contributed by atoms with van der Waals surface area (Å²) in [6, 6.07) is 27.3. The summed E-state index contributed by atoms with van der Waals surface area (Å²) in [5.74, 6) is -0.908. The Morgan fingerprint density at radius 3 is 1.39 bits per heavy atom. The second-order valence-corrected chi connectivity index (χ2v) is 31.3. The third kappa shape index (κ3) is 23.6. The van der Waals surface area contributed by atoms with E-state index in [-0.39, 0.29) is 68.8 Å². The van der Waals surface area contributed by atoms with Crippen molar-refractivity contribution in [1.29, 1.82) is 0 Å². The van der Waals surface area contributed by atoms with Crippen molar-refractivity contribution in [2.24, 2.45) is 0 Å². The van der Waals surface area contributed by atoms with Gasteiger partial charge in [-0.1, -0.05) is 66.7 Å². The number of urea groups is 2. The van der Waals surface area contributed by atoms with Crippen LogP contribution in [-0.4, -0.2) is 86.4 Å². The lowest BCUT2D eigenvalue weighted by Gasteiger charge is -2.27. The lowest BCUT2D eigenvalue weighted by molar-refractivity contribution is 0.108. The first-order valence-corrected chi connectivity index (χ1v) is 35.0. The number of ether oxygens (including phenoxy) is 2. The fraction of sp³-hybridized carbons (Fsp3) is 0.460. The molecule has 4 aromatic carbocycles. The van der Waals surface area contributed by atoms with Gasteiger partial charge in [0.15, 0.2) is 0 Å². The number of hydrogen-bond donors (Lipinski definition) is 8. The molecule has 0 unspecified atom stereocenters. The standard InChI is InChI=1S/C31H40FN5O5S2.C19H25N3O3S.C13H18BrFN2O2S/c1-19(2)42-30(39)35-22-13-11-21(12-14-22)28-36-27(32)26(43-28)24-16-15-23(17-25(24)44(40,41)37-31(3,4)5)34-29(38)33-18-20-9-7-6-8-10-20;1-14-10-11-16(12-17(14)26(24,25)22-19(2,3)4)21-18(23)20-13-15-8-6-5-7-9-15;1-7(2)19-13(18)16-9-5-3-8(4-6-9)12-17-11(15)10(14)20-12/h6-10,15-17,19,21-22,37H,11-14,18H2,1-5H3,(H,35,39)(H2,33,34,38);5-12,22H,13H2,1-4H3,(H2,20,21,23);7-9H,3-6H2,1-2H3,(H,16,18). The van der Waals surface area contributed by atoms with Crippen molar-refractivity contribution >= 4 is 94.3 Å². The lowest BCUT2D eigenvalue weighted by atomic mass is 9.86. The van der Waals surface area contributed by atoms with E-state index >= 15 is 4.39 Å². The minimum absolute atomic E-state index is 0.0237. The smallest absolute Gasteiger partial charge is 0.407 e. The summed E-state index contributed by atoms with van der Waals surface area (Å²) in [5.41, 5.74) is 1.90. The number of halogens is 3. The van der Waals surface area contributed by atoms with Crippen LogP contribution in [0.15, 0.2) is 111 Å². The fourth-order valence-corrected chi connectivity index (χ4v) is 15.7. The van der Waals surface area contributed by atoms with Crippen LogP contribution in [0.3, 0.4) is 0 Å². The van der Waals surface area contributed by atoms with Crippen LogP contribution < -0.4 is 41.3 Å². The summed E-state index contributed by atoms with van der Waals surface area (Å²) >= 11 is 5.65. The van der Waals surface area contributed by atoms with Gasteiger partial charge in [-0.2, -0.15) is 8.78 Å². The van der Waals surface area contributed by atoms with E-state index in [2.05, 4.69) is 67.2 Å². The molecule has 0 atom stereocenters. The van der Waals surface area contributed by atoms with Crippen molar-refractivity contribution in [2.75, 3.05) is 10.6 Å². The number of aryl methyl sites for hydroxylation is 1. The Morgan fingerprint density at radius 1 is 0.578 bits per heavy atom. The number of benzene rings is 4. The van der Waals surface area contributed by atoms with E-state index in [1.807, 2.05) is 74.5 Å². The second-order valence-electron chi connectivity index (χ2n) is 24.6. The molecule has 2 aliphatic carbocycles. The van der Waals surface area contributed by atoms with Crippen molar-refractivity contribution in [3.8, 4) is 10.4 Å². The van der Waals surface area contributed by atoms with Gasteiger partial charge in [-0.05, 0) is 190 Å². The molecule has 2 aliphatic rings. The monoisotopic (exact) mass is 1380 g/mol. The Morgan fingerprint density at radius 2 is 0.978 bits per heavy atom. The van der Waals surface area contributed by atoms with Crippen LogP contribution in [0.1, 0.15) is 159 Å². The molecule has 2 heterocycles. The SMILES string of the molecule is CC(C)OC(=O)NC1CCC(c2nc(F)c(-c3ccc(NC(=O)NCc4ccccc4)cc3S(=O)(=O)NC(C)(C)C)s2)CC1.CC(C)OC(=O)NC1CCC(c2nc(F)c(Br)s2)CC1.Cc1ccc(NC(=O)NCc2ccccc2)cc1S(=O)(=O)NC(C)(C)C. The molecule has 27 heteroatoms. The van der Waals surface area contributed by atoms with Crippen molar-refractivity contribution in [3.05, 3.63) is 139 Å². The van der Waals surface area contributed by atoms with Crippen LogP contribution in [0.4, 0.5) is 39.3 Å². The minimum Gasteiger partial charge on any atom is -0.447 e. The molecule has 8 rings (SSSR count). The molecule has 0 spiro atoms. The zero-order chi connectivity index (χ0) is 66.1. The molecule has 8 N–H and O–H groups in total. The third-order valence-corrected chi connectivity index (χ3v) is 20.3. The summed E-state index contributed by atoms with van der Waals surface area (Å²) in [4.78, 5) is 56.4. The van der Waals surface area contributed by atoms with E-state index in [0.717, 1.165) is 53.2 Å². The molecule has 2 fully saturated rings. The first kappa shape index (κ1) is 72.4. The van der Waals surface area contributed by atoms with Gasteiger partial charge in [0.05, 0.1) is 31.9 Å². The van der Waals surface area contributed by atoms with Gasteiger partial charge in [-0.15, -0.1) is 22.7 Å². The molecule has 0 saturated heterocycles. The molecule has 90 heavy (non-hydrogen) atoms. The van der Waals surface area contributed by atoms with Gasteiger partial charge < -0.3 is 41.4 Å². The summed E-state index contributed by atoms with van der Waals surface area (Å²) in [6.07, 6.45) is 5.20. The summed E-state index contributed by atoms with van der Waals surface area (Å²) in [5, 5.41) is 18.0. The molecule has 0 aliphatic heterocycles. The van der Waals surface area contributed by atoms with Gasteiger partial charge in [-0.25, -0.2) is 55.4 Å². The number of amides is 6. The van der Waals surface area contributed by atoms with Crippen molar-refractivity contribution in [1.82, 2.24) is 40.7 Å². The van der Waals surface area contributed by atoms with Gasteiger partial charge in [0.1, 0.15) is 8.79 Å². The average molecular weight is 1390 g/mol. The van der Waals surface area contributed by atoms with Crippen LogP contribution in [0.5, 0.6) is 0 Å². The van der Waals surface area contributed by atoms with Gasteiger partial charge in [-0.3, -0.25) is 0 Å². The molecule has 6 amide bonds. The molecule has 20 nitrogen and oxygen atoms in total. The fourth-order valence-electron chi connectivity index (χ4n) is 9.73. The average Bonchev–Trinajstić information content (AvgIpc) is 1.48. The predicted octanol–water partition coefficient (Wildman–Crippen LogP) is 14.1. The van der Waals surface area contributed by atoms with Crippen LogP contribution in [0.25, 0.3) is 10.4 Å². The molecule has 2 saturated carbocycles. The maximum atomic E-state index is 15.4. The van der Waals surface area contributed by atoms with E-state index in [0.29, 0.717) is 58.2 Å². The van der Waals surface area contributed by atoms with E-state index in [9.17, 15) is 40.4 Å². The molecular weight excluding hydrogens is 1300 g/mol. The number of alkyl carbamates (subject to hydrolysis) is 2. The number of thiazole rings is 2. The van der Waals surface area contributed by atoms with Gasteiger partial charge in [0.25, 0.3) is 0 Å². The van der Waals surface area contributed by atoms with Crippen LogP contribution >= 0.6 is 38.6 Å². The highest BCUT2D eigenvalue weighted by atomic mass is 79.9. The number of nitrogens with one attached hydrogen (secondary N) is 8. The number of anilines is 2. The topological polar surface area (TPSA) is 277 Å². The van der Waals surface area contributed by atoms with E-state index in [1.54, 1.807) is 80.5 Å². The maximum absolute atomic E-state index is 15.4. The quantitative estimate of drug-likeness (QED) is 0.0423. The molecular formula is C63H83BrF2N10O10S4. The number of nitrogens with zero attached hydrogens (tertiary/aromatic N) is 2. The summed E-state index contributed by atoms with van der Waals surface area (Å²) in [7, 11) is -7.82. The van der Waals surface area contributed by atoms with Gasteiger partial charge in [0.2, 0.25) is 31.9 Å². The van der Waals surface area contributed by atoms with Crippen LogP contribution in [-0.2, 0) is 42.6 Å². The molecule has 0 bridgehead atoms. The van der Waals surface area contributed by atoms with Crippen LogP contribution in [0, 0.1) is 18.8 Å². The molecule has 0 radical (unpaired) electrons. The highest BCUT2D eigenvalue weighted by molar-refractivity contribution is 9.11. The number of rotatable bonds is 17. The normalized spacial score (nSPS) is 16.9. The number of aromatic nitrogens is 2. The molecule has 2 aromatic heterocycles. The van der Waals surface area contributed by atoms with E-state index in [1.165, 1.54) is 29.5 Å².